The third kappa shape index (κ3) is 71.2. The van der Waals surface area contributed by atoms with Gasteiger partial charge in [0.2, 0.25) is 0 Å². The highest BCUT2D eigenvalue weighted by Gasteiger charge is 2.34. The van der Waals surface area contributed by atoms with E-state index in [0.717, 1.165) is 5.56 Å². The van der Waals surface area contributed by atoms with Crippen LogP contribution in [-0.4, -0.2) is 136 Å². The van der Waals surface area contributed by atoms with E-state index in [-0.39, 0.29) is 122 Å². The van der Waals surface area contributed by atoms with Crippen molar-refractivity contribution in [1.29, 1.82) is 0 Å². The molecule has 98 heavy (non-hydrogen) atoms. The lowest BCUT2D eigenvalue weighted by molar-refractivity contribution is -0.193. The Morgan fingerprint density at radius 2 is 0.663 bits per heavy atom. The Kier molecular flexibility index (Phi) is 58.0. The van der Waals surface area contributed by atoms with Crippen LogP contribution in [0.25, 0.3) is 0 Å². The van der Waals surface area contributed by atoms with E-state index in [9.17, 15) is 43.2 Å². The third-order valence-electron chi connectivity index (χ3n) is 11.5. The first-order valence-corrected chi connectivity index (χ1v) is 32.3. The molecule has 0 aliphatic carbocycles. The molecule has 0 unspecified atom stereocenters. The molecule has 28 heteroatoms. The molecule has 4 amide bonds. The maximum absolute atomic E-state index is 12.9. The summed E-state index contributed by atoms with van der Waals surface area (Å²) in [6, 6.07) is 5.11. The number of urea groups is 2. The van der Waals surface area contributed by atoms with Gasteiger partial charge in [-0.2, -0.15) is 28.8 Å². The Morgan fingerprint density at radius 3 is 0.918 bits per heavy atom. The number of amides is 4. The summed E-state index contributed by atoms with van der Waals surface area (Å²) in [6.45, 7) is 52.5. The number of halogens is 1. The molecule has 5 atom stereocenters. The van der Waals surface area contributed by atoms with Gasteiger partial charge in [-0.05, 0) is 158 Å². The highest BCUT2D eigenvalue weighted by molar-refractivity contribution is 5.86. The summed E-state index contributed by atoms with van der Waals surface area (Å²) in [5.74, 6) is -3.81. The first-order chi connectivity index (χ1) is 43.9. The van der Waals surface area contributed by atoms with Gasteiger partial charge in [-0.25, -0.2) is 19.2 Å². The predicted octanol–water partition coefficient (Wildman–Crippen LogP) is 11.7. The lowest BCUT2D eigenvalue weighted by Gasteiger charge is -2.32. The number of nitrogens with two attached hydrogens (primary N) is 1. The Labute approximate surface area is 589 Å². The number of rotatable bonds is 23. The van der Waals surface area contributed by atoms with Crippen molar-refractivity contribution < 1.29 is 105 Å². The van der Waals surface area contributed by atoms with Gasteiger partial charge in [0.05, 0.1) is 0 Å². The van der Waals surface area contributed by atoms with Gasteiger partial charge in [-0.3, -0.25) is 24.0 Å². The van der Waals surface area contributed by atoms with Crippen LogP contribution in [0.15, 0.2) is 30.3 Å². The monoisotopic (exact) mass is 1420 g/mol. The molecule has 27 nitrogen and oxygen atoms in total. The van der Waals surface area contributed by atoms with Gasteiger partial charge in [-0.1, -0.05) is 120 Å². The highest BCUT2D eigenvalue weighted by Crippen LogP contribution is 2.26. The van der Waals surface area contributed by atoms with Crippen LogP contribution in [0, 0.1) is 16.2 Å². The summed E-state index contributed by atoms with van der Waals surface area (Å²) in [6.07, 6.45) is 2.30. The lowest BCUT2D eigenvalue weighted by Crippen LogP contribution is -2.53. The van der Waals surface area contributed by atoms with E-state index >= 15 is 0 Å². The van der Waals surface area contributed by atoms with Gasteiger partial charge in [0.1, 0.15) is 46.7 Å². The molecule has 1 rings (SSSR count). The van der Waals surface area contributed by atoms with Crippen molar-refractivity contribution in [2.75, 3.05) is 0 Å². The van der Waals surface area contributed by atoms with Crippen LogP contribution >= 0.6 is 12.4 Å². The Morgan fingerprint density at radius 1 is 0.398 bits per heavy atom. The van der Waals surface area contributed by atoms with Crippen molar-refractivity contribution in [2.45, 2.75) is 323 Å². The standard InChI is InChI=1S/C29H46N2O7.C22H40N2O7.C12H25NO2.2C2H6.3CO2.ClH/c1-27(2,3)22(16-18-24(33)37-28(4,5)6)31-26(35)30-21(25(34)38-29(7,8)9)15-17-23(32)36-19-20-13-11-10-12-14-20;1-20(2,3)15(11-13-17(27)30-21(4,5)6)24-19(29)23-14(10-12-16(25)26)18(28)31-22(7,8)9;1-11(2,3)9(13)7-8-10(14)15-12(4,5)6;2*1-2;3*2-1-3;/h10-14,21-22H,15-19H2,1-9H3,(H2,30,31,35);14-15H,10-13H2,1-9H3,(H,25,26)(H2,23,24,29);9H,7-8,13H2,1-6H3;2*1-2H3;;;;1H/t21-,22-;14-,15-;9-;;;;;;/m000....../s1. The minimum Gasteiger partial charge on any atom is -0.481 e. The number of carboxylic acids is 1. The molecule has 7 N–H and O–H groups in total. The fraction of sp³-hybridized carbons (Fsp3) is 0.743. The summed E-state index contributed by atoms with van der Waals surface area (Å²) in [5, 5.41) is 19.8. The average molecular weight is 1420 g/mol. The molecule has 1 aromatic carbocycles. The van der Waals surface area contributed by atoms with E-state index in [1.165, 1.54) is 0 Å². The molecule has 0 fully saturated rings. The molecule has 0 spiro atoms. The number of esters is 6. The number of carbonyl (C=O) groups excluding carboxylic acids is 14. The van der Waals surface area contributed by atoms with E-state index in [1.807, 2.05) is 120 Å². The van der Waals surface area contributed by atoms with E-state index in [2.05, 4.69) is 42.0 Å². The maximum atomic E-state index is 12.9. The van der Waals surface area contributed by atoms with Crippen molar-refractivity contribution in [2.24, 2.45) is 22.0 Å². The molecular weight excluding hydrogens is 1300 g/mol. The van der Waals surface area contributed by atoms with Gasteiger partial charge in [-0.15, -0.1) is 12.4 Å². The van der Waals surface area contributed by atoms with Gasteiger partial charge >= 0.3 is 72.3 Å². The second-order valence-corrected chi connectivity index (χ2v) is 29.5. The summed E-state index contributed by atoms with van der Waals surface area (Å²) >= 11 is 0. The maximum Gasteiger partial charge on any atom is 0.373 e. The number of carboxylic acid groups (broad SMARTS) is 1. The smallest absolute Gasteiger partial charge is 0.373 e. The van der Waals surface area contributed by atoms with Crippen LogP contribution < -0.4 is 27.0 Å². The zero-order valence-corrected chi connectivity index (χ0v) is 64.9. The fourth-order valence-electron chi connectivity index (χ4n) is 7.15. The molecule has 568 valence electrons. The molecule has 0 aliphatic rings. The molecule has 0 saturated heterocycles. The number of ether oxygens (including phenoxy) is 6. The summed E-state index contributed by atoms with van der Waals surface area (Å²) in [7, 11) is 0. The second kappa shape index (κ2) is 53.4. The lowest BCUT2D eigenvalue weighted by atomic mass is 9.84. The van der Waals surface area contributed by atoms with Crippen molar-refractivity contribution in [3.8, 4) is 0 Å². The number of hydrogen-bond donors (Lipinski definition) is 6. The van der Waals surface area contributed by atoms with E-state index in [1.54, 1.807) is 83.1 Å². The Bertz CT molecular complexity index is 2510. The van der Waals surface area contributed by atoms with Gasteiger partial charge < -0.3 is 60.5 Å². The normalized spacial score (nSPS) is 12.4. The van der Waals surface area contributed by atoms with Crippen molar-refractivity contribution >= 4 is 84.7 Å². The molecule has 1 aromatic rings. The minimum absolute atomic E-state index is 0. The molecule has 0 aromatic heterocycles. The second-order valence-electron chi connectivity index (χ2n) is 29.5. The van der Waals surface area contributed by atoms with Crippen molar-refractivity contribution in [3.05, 3.63) is 35.9 Å². The number of hydrogen-bond acceptors (Lipinski definition) is 22. The van der Waals surface area contributed by atoms with Crippen LogP contribution in [0.2, 0.25) is 0 Å². The quantitative estimate of drug-likeness (QED) is 0.0438. The Balaban J connectivity index is -0.000000200. The zero-order valence-electron chi connectivity index (χ0n) is 64.1. The predicted molar refractivity (Wildman–Crippen MR) is 369 cm³/mol. The molecule has 0 bridgehead atoms. The van der Waals surface area contributed by atoms with Crippen LogP contribution in [0.5, 0.6) is 0 Å². The largest absolute Gasteiger partial charge is 0.481 e. The van der Waals surface area contributed by atoms with Crippen LogP contribution in [0.1, 0.15) is 264 Å². The first kappa shape index (κ1) is 106. The van der Waals surface area contributed by atoms with E-state index in [4.69, 9.17) is 68.0 Å². The summed E-state index contributed by atoms with van der Waals surface area (Å²) < 4.78 is 32.0. The SMILES string of the molecule is CC.CC.CC(C)(C)OC(=O)CC[C@H](N)C(C)(C)C.CC(C)(C)OC(=O)CC[C@H](NC(=O)N[C@@H](CCC(=O)O)C(=O)OC(C)(C)C)C(C)(C)C.CC(C)(C)OC(=O)CC[C@H](NC(=O)N[C@@H](CCC(=O)OCc1ccccc1)C(=O)OC(C)(C)C)C(C)(C)C.Cl.O=C=O.O=C=O.O=C=O. The number of aliphatic carboxylic acids is 1. The molecule has 0 radical (unpaired) electrons. The third-order valence-corrected chi connectivity index (χ3v) is 11.5. The number of carbonyl (C=O) groups is 9. The molecule has 0 heterocycles. The zero-order chi connectivity index (χ0) is 78.2. The van der Waals surface area contributed by atoms with E-state index in [0.29, 0.717) is 25.7 Å². The highest BCUT2D eigenvalue weighted by atomic mass is 35.5. The van der Waals surface area contributed by atoms with Crippen molar-refractivity contribution in [3.63, 3.8) is 0 Å². The number of benzene rings is 1. The molecule has 0 aliphatic heterocycles. The van der Waals surface area contributed by atoms with Crippen LogP contribution in [0.3, 0.4) is 0 Å². The van der Waals surface area contributed by atoms with Crippen molar-refractivity contribution in [1.82, 2.24) is 21.3 Å². The minimum atomic E-state index is -1.11. The average Bonchev–Trinajstić information content (AvgIpc) is 0.895. The summed E-state index contributed by atoms with van der Waals surface area (Å²) in [4.78, 5) is 158. The number of nitrogens with one attached hydrogen (secondary N) is 4. The van der Waals surface area contributed by atoms with Gasteiger partial charge in [0.25, 0.3) is 0 Å². The van der Waals surface area contributed by atoms with Crippen LogP contribution in [-0.2, 0) is 97.4 Å². The van der Waals surface area contributed by atoms with Gasteiger partial charge in [0.15, 0.2) is 0 Å². The van der Waals surface area contributed by atoms with E-state index < -0.39 is 82.1 Å². The Hall–Kier alpha value is -7.56. The summed E-state index contributed by atoms with van der Waals surface area (Å²) in [5.41, 5.74) is 2.96. The fourth-order valence-corrected chi connectivity index (χ4v) is 7.15. The topological polar surface area (TPSA) is 406 Å². The molecule has 0 saturated carbocycles. The first-order valence-electron chi connectivity index (χ1n) is 32.3. The van der Waals surface area contributed by atoms with Crippen LogP contribution in [0.4, 0.5) is 9.59 Å². The van der Waals surface area contributed by atoms with Gasteiger partial charge in [0, 0.05) is 50.2 Å². The molecular formula is C70H124ClN5O22.